The topological polar surface area (TPSA) is 69.7 Å². The Hall–Kier alpha value is -1.51. The van der Waals surface area contributed by atoms with Gasteiger partial charge in [-0.2, -0.15) is 4.31 Å². The lowest BCUT2D eigenvalue weighted by Crippen LogP contribution is -2.41. The van der Waals surface area contributed by atoms with Crippen LogP contribution in [0.5, 0.6) is 0 Å². The van der Waals surface area contributed by atoms with Gasteiger partial charge < -0.3 is 10.2 Å². The van der Waals surface area contributed by atoms with Gasteiger partial charge >= 0.3 is 0 Å². The van der Waals surface area contributed by atoms with Gasteiger partial charge in [0.15, 0.2) is 0 Å². The van der Waals surface area contributed by atoms with Gasteiger partial charge in [-0.1, -0.05) is 13.0 Å². The Labute approximate surface area is 173 Å². The van der Waals surface area contributed by atoms with E-state index in [9.17, 15) is 17.6 Å². The van der Waals surface area contributed by atoms with Crippen LogP contribution in [0.2, 0.25) is 0 Å². The summed E-state index contributed by atoms with van der Waals surface area (Å²) in [5, 5.41) is 3.01. The molecule has 29 heavy (non-hydrogen) atoms. The minimum Gasteiger partial charge on any atom is -0.355 e. The summed E-state index contributed by atoms with van der Waals surface area (Å²) in [6.07, 6.45) is 4.18. The van der Waals surface area contributed by atoms with E-state index in [0.29, 0.717) is 38.9 Å². The zero-order chi connectivity index (χ0) is 20.9. The van der Waals surface area contributed by atoms with Crippen LogP contribution in [0.25, 0.3) is 0 Å². The molecule has 0 bridgehead atoms. The van der Waals surface area contributed by atoms with E-state index in [1.807, 2.05) is 0 Å². The normalized spacial score (nSPS) is 20.6. The van der Waals surface area contributed by atoms with Gasteiger partial charge in [0, 0.05) is 32.6 Å². The Morgan fingerprint density at radius 2 is 1.83 bits per heavy atom. The minimum atomic E-state index is -3.68. The Bertz CT molecular complexity index is 786. The summed E-state index contributed by atoms with van der Waals surface area (Å²) in [6.45, 7) is 6.78. The molecule has 162 valence electrons. The quantitative estimate of drug-likeness (QED) is 0.729. The molecule has 0 aliphatic carbocycles. The van der Waals surface area contributed by atoms with Crippen molar-refractivity contribution in [3.05, 3.63) is 30.1 Å². The van der Waals surface area contributed by atoms with Crippen molar-refractivity contribution in [1.82, 2.24) is 14.5 Å². The molecule has 1 aromatic carbocycles. The van der Waals surface area contributed by atoms with Crippen molar-refractivity contribution in [2.45, 2.75) is 43.9 Å². The summed E-state index contributed by atoms with van der Waals surface area (Å²) >= 11 is 0. The number of rotatable bonds is 7. The van der Waals surface area contributed by atoms with Crippen LogP contribution in [0.3, 0.4) is 0 Å². The van der Waals surface area contributed by atoms with Crippen LogP contribution in [0, 0.1) is 17.7 Å². The lowest BCUT2D eigenvalue weighted by Gasteiger charge is -2.31. The van der Waals surface area contributed by atoms with Gasteiger partial charge in [-0.05, 0) is 68.8 Å². The van der Waals surface area contributed by atoms with Crippen molar-refractivity contribution in [2.24, 2.45) is 11.8 Å². The predicted molar refractivity (Wildman–Crippen MR) is 110 cm³/mol. The van der Waals surface area contributed by atoms with Crippen LogP contribution in [0.1, 0.15) is 39.0 Å². The fourth-order valence-electron chi connectivity index (χ4n) is 4.10. The number of amides is 1. The summed E-state index contributed by atoms with van der Waals surface area (Å²) in [6, 6.07) is 5.11. The number of carbonyl (C=O) groups is 1. The molecule has 3 rings (SSSR count). The van der Waals surface area contributed by atoms with Crippen molar-refractivity contribution in [1.29, 1.82) is 0 Å². The zero-order valence-electron chi connectivity index (χ0n) is 17.1. The fourth-order valence-corrected chi connectivity index (χ4v) is 5.61. The van der Waals surface area contributed by atoms with Crippen LogP contribution in [0.4, 0.5) is 4.39 Å². The molecule has 0 saturated carbocycles. The predicted octanol–water partition coefficient (Wildman–Crippen LogP) is 2.46. The first-order chi connectivity index (χ1) is 13.8. The largest absolute Gasteiger partial charge is 0.355 e. The smallest absolute Gasteiger partial charge is 0.243 e. The molecule has 2 aliphatic rings. The van der Waals surface area contributed by atoms with Gasteiger partial charge in [0.25, 0.3) is 0 Å². The molecule has 2 saturated heterocycles. The van der Waals surface area contributed by atoms with Crippen molar-refractivity contribution in [3.8, 4) is 0 Å². The molecule has 1 N–H and O–H groups in total. The molecule has 0 unspecified atom stereocenters. The Balaban J connectivity index is 1.38. The summed E-state index contributed by atoms with van der Waals surface area (Å²) in [5.74, 6) is 0.472. The van der Waals surface area contributed by atoms with Crippen LogP contribution < -0.4 is 5.32 Å². The molecule has 0 atom stereocenters. The number of hydrogen-bond donors (Lipinski definition) is 1. The highest BCUT2D eigenvalue weighted by Crippen LogP contribution is 2.26. The third-order valence-electron chi connectivity index (χ3n) is 6.11. The van der Waals surface area contributed by atoms with Crippen molar-refractivity contribution >= 4 is 15.9 Å². The fraction of sp³-hybridized carbons (Fsp3) is 0.667. The van der Waals surface area contributed by atoms with Gasteiger partial charge in [-0.25, -0.2) is 12.8 Å². The van der Waals surface area contributed by atoms with Gasteiger partial charge in [0.05, 0.1) is 4.90 Å². The number of hydrogen-bond acceptors (Lipinski definition) is 4. The Morgan fingerprint density at radius 1 is 1.14 bits per heavy atom. The minimum absolute atomic E-state index is 0.0131. The average Bonchev–Trinajstić information content (AvgIpc) is 2.70. The Morgan fingerprint density at radius 3 is 2.48 bits per heavy atom. The highest BCUT2D eigenvalue weighted by Gasteiger charge is 2.30. The maximum Gasteiger partial charge on any atom is 0.243 e. The van der Waals surface area contributed by atoms with E-state index in [2.05, 4.69) is 17.1 Å². The first-order valence-electron chi connectivity index (χ1n) is 10.6. The lowest BCUT2D eigenvalue weighted by atomic mass is 9.94. The number of likely N-dealkylation sites (tertiary alicyclic amines) is 1. The van der Waals surface area contributed by atoms with E-state index in [-0.39, 0.29) is 16.7 Å². The molecular weight excluding hydrogens is 393 g/mol. The van der Waals surface area contributed by atoms with Crippen LogP contribution in [-0.2, 0) is 14.8 Å². The number of piperidine rings is 2. The van der Waals surface area contributed by atoms with E-state index < -0.39 is 15.8 Å². The van der Waals surface area contributed by atoms with Crippen LogP contribution in [-0.4, -0.2) is 62.8 Å². The molecule has 1 aromatic rings. The molecule has 0 spiro atoms. The van der Waals surface area contributed by atoms with Gasteiger partial charge in [0.1, 0.15) is 5.82 Å². The number of halogens is 1. The molecule has 0 radical (unpaired) electrons. The molecule has 2 heterocycles. The average molecular weight is 426 g/mol. The van der Waals surface area contributed by atoms with Gasteiger partial charge in [0.2, 0.25) is 15.9 Å². The van der Waals surface area contributed by atoms with E-state index >= 15 is 0 Å². The molecule has 1 amide bonds. The van der Waals surface area contributed by atoms with Crippen LogP contribution in [0.15, 0.2) is 29.2 Å². The molecule has 8 heteroatoms. The summed E-state index contributed by atoms with van der Waals surface area (Å²) in [4.78, 5) is 14.6. The third kappa shape index (κ3) is 6.23. The number of carbonyl (C=O) groups excluding carboxylic acids is 1. The molecule has 2 aliphatic heterocycles. The second-order valence-electron chi connectivity index (χ2n) is 8.38. The van der Waals surface area contributed by atoms with Crippen molar-refractivity contribution in [3.63, 3.8) is 0 Å². The maximum absolute atomic E-state index is 13.4. The number of nitrogens with one attached hydrogen (secondary N) is 1. The summed E-state index contributed by atoms with van der Waals surface area (Å²) in [5.41, 5.74) is 0. The zero-order valence-corrected chi connectivity index (χ0v) is 18.0. The first-order valence-corrected chi connectivity index (χ1v) is 12.0. The second-order valence-corrected chi connectivity index (χ2v) is 10.3. The molecule has 0 aromatic heterocycles. The Kier molecular flexibility index (Phi) is 7.65. The van der Waals surface area contributed by atoms with Crippen molar-refractivity contribution in [2.75, 3.05) is 39.3 Å². The second kappa shape index (κ2) is 10.00. The van der Waals surface area contributed by atoms with Crippen LogP contribution >= 0.6 is 0 Å². The highest BCUT2D eigenvalue weighted by atomic mass is 32.2. The molecular formula is C21H32FN3O3S. The van der Waals surface area contributed by atoms with E-state index in [1.165, 1.54) is 35.3 Å². The van der Waals surface area contributed by atoms with Crippen molar-refractivity contribution < 1.29 is 17.6 Å². The standard InChI is InChI=1S/C21H32FN3O3S/c1-17-5-10-24(11-6-17)14-9-23-21(26)15-18-7-12-25(13-8-18)29(27,28)20-4-2-3-19(22)16-20/h2-4,16-18H,5-15H2,1H3,(H,23,26). The number of sulfonamides is 1. The molecule has 6 nitrogen and oxygen atoms in total. The SMILES string of the molecule is CC1CCN(CCNC(=O)CC2CCN(S(=O)(=O)c3cccc(F)c3)CC2)CC1. The third-order valence-corrected chi connectivity index (χ3v) is 8.00. The number of nitrogens with zero attached hydrogens (tertiary/aromatic N) is 2. The maximum atomic E-state index is 13.4. The lowest BCUT2D eigenvalue weighted by molar-refractivity contribution is -0.122. The number of benzene rings is 1. The van der Waals surface area contributed by atoms with E-state index in [0.717, 1.165) is 31.6 Å². The monoisotopic (exact) mass is 425 g/mol. The highest BCUT2D eigenvalue weighted by molar-refractivity contribution is 7.89. The van der Waals surface area contributed by atoms with E-state index in [1.54, 1.807) is 0 Å². The molecule has 2 fully saturated rings. The summed E-state index contributed by atoms with van der Waals surface area (Å²) in [7, 11) is -3.68. The van der Waals surface area contributed by atoms with Gasteiger partial charge in [-0.15, -0.1) is 0 Å². The first kappa shape index (κ1) is 22.2. The van der Waals surface area contributed by atoms with E-state index in [4.69, 9.17) is 0 Å². The van der Waals surface area contributed by atoms with Gasteiger partial charge in [-0.3, -0.25) is 4.79 Å². The summed E-state index contributed by atoms with van der Waals surface area (Å²) < 4.78 is 40.1.